The van der Waals surface area contributed by atoms with E-state index in [-0.39, 0.29) is 18.1 Å². The van der Waals surface area contributed by atoms with E-state index in [0.29, 0.717) is 6.42 Å². The Labute approximate surface area is 98.2 Å². The van der Waals surface area contributed by atoms with Crippen molar-refractivity contribution >= 4 is 5.97 Å². The van der Waals surface area contributed by atoms with Gasteiger partial charge in [-0.15, -0.1) is 0 Å². The minimum Gasteiger partial charge on any atom is -0.468 e. The number of rotatable bonds is 7. The second-order valence-electron chi connectivity index (χ2n) is 4.06. The Morgan fingerprint density at radius 3 is 2.62 bits per heavy atom. The molecule has 0 aromatic rings. The van der Waals surface area contributed by atoms with Crippen LogP contribution in [0.15, 0.2) is 0 Å². The van der Waals surface area contributed by atoms with Crippen LogP contribution in [0.3, 0.4) is 0 Å². The average molecular weight is 226 g/mol. The van der Waals surface area contributed by atoms with Crippen molar-refractivity contribution in [1.82, 2.24) is 4.90 Å². The van der Waals surface area contributed by atoms with Crippen molar-refractivity contribution in [2.45, 2.75) is 51.6 Å². The molecule has 0 aliphatic rings. The van der Waals surface area contributed by atoms with E-state index in [1.54, 1.807) is 0 Å². The van der Waals surface area contributed by atoms with E-state index in [1.165, 1.54) is 7.11 Å². The molecule has 0 aliphatic heterocycles. The first-order chi connectivity index (χ1) is 7.58. The number of esters is 1. The summed E-state index contributed by atoms with van der Waals surface area (Å²) in [5, 5.41) is 8.65. The smallest absolute Gasteiger partial charge is 0.323 e. The van der Waals surface area contributed by atoms with Crippen molar-refractivity contribution in [2.24, 2.45) is 0 Å². The molecule has 0 N–H and O–H groups in total. The lowest BCUT2D eigenvalue weighted by molar-refractivity contribution is -0.147. The molecule has 4 heteroatoms. The lowest BCUT2D eigenvalue weighted by atomic mass is 10.1. The molecule has 0 aromatic heterocycles. The van der Waals surface area contributed by atoms with Gasteiger partial charge in [-0.2, -0.15) is 5.26 Å². The summed E-state index contributed by atoms with van der Waals surface area (Å²) in [7, 11) is 3.28. The Morgan fingerprint density at radius 2 is 2.19 bits per heavy atom. The average Bonchev–Trinajstić information content (AvgIpc) is 2.29. The number of methoxy groups -OCH3 is 1. The van der Waals surface area contributed by atoms with E-state index in [9.17, 15) is 4.79 Å². The van der Waals surface area contributed by atoms with Gasteiger partial charge in [0.1, 0.15) is 6.04 Å². The number of unbranched alkanes of at least 4 members (excludes halogenated alkanes) is 1. The van der Waals surface area contributed by atoms with Gasteiger partial charge in [0.15, 0.2) is 0 Å². The highest BCUT2D eigenvalue weighted by atomic mass is 16.5. The Kier molecular flexibility index (Phi) is 7.57. The quantitative estimate of drug-likeness (QED) is 0.623. The number of hydrogen-bond donors (Lipinski definition) is 0. The maximum absolute atomic E-state index is 11.6. The Bertz CT molecular complexity index is 248. The highest BCUT2D eigenvalue weighted by molar-refractivity contribution is 5.75. The zero-order valence-electron chi connectivity index (χ0n) is 10.7. The van der Waals surface area contributed by atoms with Crippen molar-refractivity contribution in [1.29, 1.82) is 5.26 Å². The minimum atomic E-state index is -0.228. The van der Waals surface area contributed by atoms with E-state index in [1.807, 2.05) is 18.9 Å². The predicted octanol–water partition coefficient (Wildman–Crippen LogP) is 1.95. The molecule has 0 bridgehead atoms. The number of carbonyl (C=O) groups is 1. The highest BCUT2D eigenvalue weighted by Crippen LogP contribution is 2.13. The highest BCUT2D eigenvalue weighted by Gasteiger charge is 2.26. The van der Waals surface area contributed by atoms with Crippen LogP contribution in [0.5, 0.6) is 0 Å². The Hall–Kier alpha value is -1.08. The summed E-state index contributed by atoms with van der Waals surface area (Å²) in [6.07, 6.45) is 3.25. The molecule has 0 spiro atoms. The first-order valence-electron chi connectivity index (χ1n) is 5.75. The minimum absolute atomic E-state index is 0.0750. The van der Waals surface area contributed by atoms with E-state index in [2.05, 4.69) is 13.0 Å². The molecule has 0 aliphatic carbocycles. The zero-order chi connectivity index (χ0) is 12.6. The standard InChI is InChI=1S/C12H22N2O2/c1-5-6-7-11(12(15)16-4)14(3)10(2)8-9-13/h10-11H,5-8H2,1-4H3. The van der Waals surface area contributed by atoms with Gasteiger partial charge in [0.25, 0.3) is 0 Å². The molecule has 0 saturated heterocycles. The predicted molar refractivity (Wildman–Crippen MR) is 62.8 cm³/mol. The van der Waals surface area contributed by atoms with Gasteiger partial charge < -0.3 is 4.74 Å². The molecule has 16 heavy (non-hydrogen) atoms. The molecular formula is C12H22N2O2. The molecular weight excluding hydrogens is 204 g/mol. The summed E-state index contributed by atoms with van der Waals surface area (Å²) in [4.78, 5) is 13.6. The largest absolute Gasteiger partial charge is 0.468 e. The molecule has 0 saturated carbocycles. The summed E-state index contributed by atoms with van der Waals surface area (Å²) < 4.78 is 4.80. The topological polar surface area (TPSA) is 53.3 Å². The fourth-order valence-electron chi connectivity index (χ4n) is 1.60. The van der Waals surface area contributed by atoms with Crippen molar-refractivity contribution in [3.63, 3.8) is 0 Å². The number of carbonyl (C=O) groups excluding carboxylic acids is 1. The summed E-state index contributed by atoms with van der Waals surface area (Å²) >= 11 is 0. The maximum atomic E-state index is 11.6. The number of likely N-dealkylation sites (N-methyl/N-ethyl adjacent to an activating group) is 1. The molecule has 0 radical (unpaired) electrons. The number of hydrogen-bond acceptors (Lipinski definition) is 4. The molecule has 0 aromatic carbocycles. The maximum Gasteiger partial charge on any atom is 0.323 e. The third-order valence-corrected chi connectivity index (χ3v) is 2.88. The summed E-state index contributed by atoms with van der Waals surface area (Å²) in [6.45, 7) is 4.04. The Morgan fingerprint density at radius 1 is 1.56 bits per heavy atom. The van der Waals surface area contributed by atoms with Crippen molar-refractivity contribution in [3.8, 4) is 6.07 Å². The van der Waals surface area contributed by atoms with E-state index in [0.717, 1.165) is 19.3 Å². The lowest BCUT2D eigenvalue weighted by Gasteiger charge is -2.30. The van der Waals surface area contributed by atoms with Crippen LogP contribution in [-0.4, -0.2) is 37.1 Å². The van der Waals surface area contributed by atoms with Crippen LogP contribution in [0.25, 0.3) is 0 Å². The fraction of sp³-hybridized carbons (Fsp3) is 0.833. The van der Waals surface area contributed by atoms with Crippen LogP contribution in [0, 0.1) is 11.3 Å². The molecule has 0 fully saturated rings. The summed E-state index contributed by atoms with van der Waals surface area (Å²) in [6, 6.07) is 1.97. The van der Waals surface area contributed by atoms with Gasteiger partial charge in [-0.3, -0.25) is 9.69 Å². The second kappa shape index (κ2) is 8.12. The summed E-state index contributed by atoms with van der Waals surface area (Å²) in [5.74, 6) is -0.208. The third-order valence-electron chi connectivity index (χ3n) is 2.88. The van der Waals surface area contributed by atoms with Crippen LogP contribution in [0.2, 0.25) is 0 Å². The van der Waals surface area contributed by atoms with Gasteiger partial charge >= 0.3 is 5.97 Å². The normalized spacial score (nSPS) is 14.2. The SMILES string of the molecule is CCCCC(C(=O)OC)N(C)C(C)CC#N. The van der Waals surface area contributed by atoms with E-state index < -0.39 is 0 Å². The number of nitriles is 1. The lowest BCUT2D eigenvalue weighted by Crippen LogP contribution is -2.44. The first-order valence-corrected chi connectivity index (χ1v) is 5.75. The van der Waals surface area contributed by atoms with Crippen molar-refractivity contribution in [3.05, 3.63) is 0 Å². The van der Waals surface area contributed by atoms with Gasteiger partial charge in [0.2, 0.25) is 0 Å². The molecule has 4 nitrogen and oxygen atoms in total. The second-order valence-corrected chi connectivity index (χ2v) is 4.06. The Balaban J connectivity index is 4.48. The van der Waals surface area contributed by atoms with Crippen molar-refractivity contribution < 1.29 is 9.53 Å². The molecule has 2 atom stereocenters. The first kappa shape index (κ1) is 14.9. The van der Waals surface area contributed by atoms with E-state index in [4.69, 9.17) is 10.00 Å². The van der Waals surface area contributed by atoms with Crippen LogP contribution in [0.4, 0.5) is 0 Å². The van der Waals surface area contributed by atoms with Gasteiger partial charge in [-0.1, -0.05) is 19.8 Å². The zero-order valence-corrected chi connectivity index (χ0v) is 10.7. The van der Waals surface area contributed by atoms with Crippen molar-refractivity contribution in [2.75, 3.05) is 14.2 Å². The van der Waals surface area contributed by atoms with Crippen LogP contribution >= 0.6 is 0 Å². The van der Waals surface area contributed by atoms with Gasteiger partial charge in [0.05, 0.1) is 19.6 Å². The van der Waals surface area contributed by atoms with Crippen LogP contribution in [0.1, 0.15) is 39.5 Å². The van der Waals surface area contributed by atoms with Crippen LogP contribution in [-0.2, 0) is 9.53 Å². The number of ether oxygens (including phenoxy) is 1. The molecule has 0 heterocycles. The summed E-state index contributed by atoms with van der Waals surface area (Å²) in [5.41, 5.74) is 0. The molecule has 2 unspecified atom stereocenters. The number of nitrogens with zero attached hydrogens (tertiary/aromatic N) is 2. The third kappa shape index (κ3) is 4.63. The monoisotopic (exact) mass is 226 g/mol. The molecule has 0 amide bonds. The molecule has 0 rings (SSSR count). The van der Waals surface area contributed by atoms with Gasteiger partial charge in [-0.05, 0) is 20.4 Å². The fourth-order valence-corrected chi connectivity index (χ4v) is 1.60. The van der Waals surface area contributed by atoms with Gasteiger partial charge in [0, 0.05) is 6.04 Å². The molecule has 92 valence electrons. The van der Waals surface area contributed by atoms with Gasteiger partial charge in [-0.25, -0.2) is 0 Å². The van der Waals surface area contributed by atoms with Crippen LogP contribution < -0.4 is 0 Å². The van der Waals surface area contributed by atoms with E-state index >= 15 is 0 Å².